The molecule has 0 aromatic carbocycles. The molecule has 2 aliphatic heterocycles. The van der Waals surface area contributed by atoms with Crippen LogP contribution in [0, 0.1) is 0 Å². The highest BCUT2D eigenvalue weighted by Gasteiger charge is 2.13. The highest BCUT2D eigenvalue weighted by atomic mass is 14.9. The molecule has 0 amide bonds. The number of hydrogen-bond donors (Lipinski definition) is 1. The van der Waals surface area contributed by atoms with E-state index >= 15 is 0 Å². The van der Waals surface area contributed by atoms with E-state index in [9.17, 15) is 0 Å². The lowest BCUT2D eigenvalue weighted by Crippen LogP contribution is -2.29. The van der Waals surface area contributed by atoms with Gasteiger partial charge in [-0.05, 0) is 24.3 Å². The number of nitrogens with zero attached hydrogens (tertiary/aromatic N) is 1. The first-order chi connectivity index (χ1) is 4.97. The summed E-state index contributed by atoms with van der Waals surface area (Å²) in [5, 5.41) is 7.27. The third kappa shape index (κ3) is 0.817. The molecule has 2 heteroatoms. The van der Waals surface area contributed by atoms with Crippen LogP contribution < -0.4 is 10.6 Å². The van der Waals surface area contributed by atoms with Gasteiger partial charge in [-0.3, -0.25) is 5.32 Å². The highest BCUT2D eigenvalue weighted by Crippen LogP contribution is 2.15. The zero-order valence-electron chi connectivity index (χ0n) is 5.62. The Morgan fingerprint density at radius 2 is 2.60 bits per heavy atom. The van der Waals surface area contributed by atoms with Crippen LogP contribution in [-0.4, -0.2) is 6.04 Å². The Balaban J connectivity index is 2.23. The topological polar surface area (TPSA) is 26.1 Å². The lowest BCUT2D eigenvalue weighted by atomic mass is 10.0. The summed E-state index contributed by atoms with van der Waals surface area (Å²) < 4.78 is 0. The van der Waals surface area contributed by atoms with Gasteiger partial charge in [-0.15, -0.1) is 0 Å². The molecule has 10 heavy (non-hydrogen) atoms. The maximum Gasteiger partial charge on any atom is 0.0690 e. The van der Waals surface area contributed by atoms with Gasteiger partial charge < -0.3 is 5.32 Å². The summed E-state index contributed by atoms with van der Waals surface area (Å²) in [4.78, 5) is 0. The Morgan fingerprint density at radius 3 is 3.50 bits per heavy atom. The van der Waals surface area contributed by atoms with E-state index in [0.717, 1.165) is 6.42 Å². The second kappa shape index (κ2) is 2.21. The number of fused-ring (bicyclic) bond motifs is 1. The molecule has 2 rings (SSSR count). The molecule has 1 atom stereocenters. The molecule has 0 saturated carbocycles. The molecule has 1 unspecified atom stereocenters. The molecule has 1 N–H and O–H groups in total. The van der Waals surface area contributed by atoms with Crippen molar-refractivity contribution < 1.29 is 0 Å². The number of nitrogens with one attached hydrogen (secondary N) is 1. The maximum atomic E-state index is 4.04. The number of rotatable bonds is 0. The third-order valence-electron chi connectivity index (χ3n) is 1.75. The molecule has 0 spiro atoms. The van der Waals surface area contributed by atoms with Crippen LogP contribution in [0.4, 0.5) is 0 Å². The van der Waals surface area contributed by atoms with Crippen molar-refractivity contribution in [3.8, 4) is 0 Å². The van der Waals surface area contributed by atoms with Crippen molar-refractivity contribution in [1.82, 2.24) is 10.6 Å². The van der Waals surface area contributed by atoms with Crippen molar-refractivity contribution in [2.75, 3.05) is 0 Å². The van der Waals surface area contributed by atoms with E-state index in [1.807, 2.05) is 18.6 Å². The Morgan fingerprint density at radius 1 is 1.60 bits per heavy atom. The number of allylic oxidation sites excluding steroid dienone is 1. The van der Waals surface area contributed by atoms with Gasteiger partial charge in [-0.1, -0.05) is 6.08 Å². The Kier molecular flexibility index (Phi) is 1.24. The summed E-state index contributed by atoms with van der Waals surface area (Å²) in [5.41, 5.74) is 1.35. The first-order valence-electron chi connectivity index (χ1n) is 3.43. The smallest absolute Gasteiger partial charge is 0.0690 e. The van der Waals surface area contributed by atoms with Gasteiger partial charge >= 0.3 is 0 Å². The van der Waals surface area contributed by atoms with Crippen molar-refractivity contribution in [3.05, 3.63) is 36.3 Å². The fourth-order valence-electron chi connectivity index (χ4n) is 1.19. The lowest BCUT2D eigenvalue weighted by Gasteiger charge is -2.22. The fraction of sp³-hybridized carbons (Fsp3) is 0.250. The standard InChI is InChI=1S/C8H9N2/c1-2-7-6-9-5-3-8(7)10-4-1/h1,3-6,8,10H,2H2. The lowest BCUT2D eigenvalue weighted by molar-refractivity contribution is 0.721. The van der Waals surface area contributed by atoms with E-state index in [2.05, 4.69) is 22.8 Å². The van der Waals surface area contributed by atoms with Crippen LogP contribution in [0.25, 0.3) is 0 Å². The van der Waals surface area contributed by atoms with E-state index in [4.69, 9.17) is 0 Å². The van der Waals surface area contributed by atoms with Crippen molar-refractivity contribution in [2.45, 2.75) is 12.5 Å². The Labute approximate surface area is 60.3 Å². The van der Waals surface area contributed by atoms with E-state index in [-0.39, 0.29) is 0 Å². The van der Waals surface area contributed by atoms with Crippen LogP contribution in [0.2, 0.25) is 0 Å². The van der Waals surface area contributed by atoms with Crippen molar-refractivity contribution in [3.63, 3.8) is 0 Å². The largest absolute Gasteiger partial charge is 0.381 e. The molecule has 0 fully saturated rings. The van der Waals surface area contributed by atoms with Crippen LogP contribution in [-0.2, 0) is 0 Å². The summed E-state index contributed by atoms with van der Waals surface area (Å²) >= 11 is 0. The van der Waals surface area contributed by atoms with E-state index < -0.39 is 0 Å². The van der Waals surface area contributed by atoms with Crippen molar-refractivity contribution >= 4 is 0 Å². The van der Waals surface area contributed by atoms with E-state index in [0.29, 0.717) is 6.04 Å². The molecule has 0 bridgehead atoms. The summed E-state index contributed by atoms with van der Waals surface area (Å²) in [6.07, 6.45) is 11.0. The molecular weight excluding hydrogens is 124 g/mol. The van der Waals surface area contributed by atoms with E-state index in [1.165, 1.54) is 5.57 Å². The summed E-state index contributed by atoms with van der Waals surface area (Å²) in [6, 6.07) is 0.405. The zero-order chi connectivity index (χ0) is 6.81. The van der Waals surface area contributed by atoms with Gasteiger partial charge in [-0.25, -0.2) is 0 Å². The van der Waals surface area contributed by atoms with Crippen molar-refractivity contribution in [2.24, 2.45) is 0 Å². The predicted octanol–water partition coefficient (Wildman–Crippen LogP) is 0.878. The second-order valence-corrected chi connectivity index (χ2v) is 2.45. The Hall–Kier alpha value is -1.18. The molecule has 2 heterocycles. The summed E-state index contributed by atoms with van der Waals surface area (Å²) in [7, 11) is 0. The van der Waals surface area contributed by atoms with Gasteiger partial charge in [0, 0.05) is 12.4 Å². The van der Waals surface area contributed by atoms with Crippen LogP contribution in [0.3, 0.4) is 0 Å². The fourth-order valence-corrected chi connectivity index (χ4v) is 1.19. The molecule has 0 aliphatic carbocycles. The molecule has 0 saturated heterocycles. The van der Waals surface area contributed by atoms with Gasteiger partial charge in [0.15, 0.2) is 0 Å². The average Bonchev–Trinajstić information content (AvgIpc) is 2.05. The van der Waals surface area contributed by atoms with Crippen LogP contribution in [0.1, 0.15) is 6.42 Å². The molecular formula is C8H9N2. The van der Waals surface area contributed by atoms with Gasteiger partial charge in [0.25, 0.3) is 0 Å². The average molecular weight is 133 g/mol. The van der Waals surface area contributed by atoms with Crippen LogP contribution in [0.5, 0.6) is 0 Å². The maximum absolute atomic E-state index is 4.04. The monoisotopic (exact) mass is 133 g/mol. The summed E-state index contributed by atoms with van der Waals surface area (Å²) in [5.74, 6) is 0. The minimum absolute atomic E-state index is 0.405. The van der Waals surface area contributed by atoms with Crippen LogP contribution >= 0.6 is 0 Å². The minimum atomic E-state index is 0.405. The normalized spacial score (nSPS) is 28.0. The second-order valence-electron chi connectivity index (χ2n) is 2.45. The van der Waals surface area contributed by atoms with Gasteiger partial charge in [0.1, 0.15) is 0 Å². The highest BCUT2D eigenvalue weighted by molar-refractivity contribution is 5.27. The molecule has 2 aliphatic rings. The van der Waals surface area contributed by atoms with Crippen molar-refractivity contribution in [1.29, 1.82) is 0 Å². The molecule has 0 aromatic heterocycles. The first-order valence-corrected chi connectivity index (χ1v) is 3.43. The van der Waals surface area contributed by atoms with Gasteiger partial charge in [0.05, 0.1) is 6.04 Å². The summed E-state index contributed by atoms with van der Waals surface area (Å²) in [6.45, 7) is 0. The molecule has 1 radical (unpaired) electrons. The Bertz CT molecular complexity index is 213. The molecule has 51 valence electrons. The minimum Gasteiger partial charge on any atom is -0.381 e. The molecule has 0 aromatic rings. The predicted molar refractivity (Wildman–Crippen MR) is 40.0 cm³/mol. The third-order valence-corrected chi connectivity index (χ3v) is 1.75. The van der Waals surface area contributed by atoms with Gasteiger partial charge in [-0.2, -0.15) is 0 Å². The molecule has 2 nitrogen and oxygen atoms in total. The zero-order valence-corrected chi connectivity index (χ0v) is 5.62. The quantitative estimate of drug-likeness (QED) is 0.521. The first kappa shape index (κ1) is 5.59. The van der Waals surface area contributed by atoms with Crippen LogP contribution in [0.15, 0.2) is 36.3 Å². The van der Waals surface area contributed by atoms with E-state index in [1.54, 1.807) is 0 Å². The number of hydrogen-bond acceptors (Lipinski definition) is 1. The van der Waals surface area contributed by atoms with Gasteiger partial charge in [0.2, 0.25) is 0 Å². The SMILES string of the molecule is C1=CNC2C=C[N]C=C2C1.